The molecule has 0 atom stereocenters. The molecular weight excluding hydrogens is 353 g/mol. The molecule has 0 fully saturated rings. The van der Waals surface area contributed by atoms with Gasteiger partial charge in [-0.1, -0.05) is 39.7 Å². The van der Waals surface area contributed by atoms with Crippen LogP contribution in [-0.4, -0.2) is 4.99 Å². The van der Waals surface area contributed by atoms with Crippen LogP contribution in [0.4, 0.5) is 4.39 Å². The van der Waals surface area contributed by atoms with Crippen LogP contribution in [0.2, 0.25) is 5.02 Å². The number of ether oxygens (including phenoxy) is 1. The first-order chi connectivity index (χ1) is 8.95. The van der Waals surface area contributed by atoms with Gasteiger partial charge in [0.2, 0.25) is 0 Å². The maximum Gasteiger partial charge on any atom is 0.146 e. The molecule has 98 valence electrons. The molecule has 0 saturated heterocycles. The van der Waals surface area contributed by atoms with E-state index in [0.29, 0.717) is 26.6 Å². The van der Waals surface area contributed by atoms with Crippen molar-refractivity contribution < 1.29 is 9.13 Å². The molecule has 0 aromatic heterocycles. The van der Waals surface area contributed by atoms with Crippen LogP contribution >= 0.6 is 39.7 Å². The lowest BCUT2D eigenvalue weighted by atomic mass is 10.2. The molecule has 0 unspecified atom stereocenters. The maximum absolute atomic E-state index is 13.2. The van der Waals surface area contributed by atoms with Crippen molar-refractivity contribution >= 4 is 44.7 Å². The summed E-state index contributed by atoms with van der Waals surface area (Å²) in [5.74, 6) is 0.344. The number of rotatable bonds is 3. The summed E-state index contributed by atoms with van der Waals surface area (Å²) in [5.41, 5.74) is 6.15. The Bertz CT molecular complexity index is 630. The summed E-state index contributed by atoms with van der Waals surface area (Å²) >= 11 is 14.1. The number of halogens is 3. The molecule has 2 aromatic carbocycles. The van der Waals surface area contributed by atoms with Gasteiger partial charge in [0.1, 0.15) is 22.3 Å². The molecule has 19 heavy (non-hydrogen) atoms. The SMILES string of the molecule is NC(=S)c1ccc(Oc2cc(F)cc(Br)c2)c(Cl)c1. The van der Waals surface area contributed by atoms with E-state index in [1.165, 1.54) is 12.1 Å². The molecule has 0 saturated carbocycles. The molecule has 0 aliphatic carbocycles. The van der Waals surface area contributed by atoms with Crippen molar-refractivity contribution in [2.24, 2.45) is 5.73 Å². The fourth-order valence-corrected chi connectivity index (χ4v) is 2.24. The third-order valence-corrected chi connectivity index (χ3v) is 3.27. The summed E-state index contributed by atoms with van der Waals surface area (Å²) in [4.78, 5) is 0.252. The summed E-state index contributed by atoms with van der Waals surface area (Å²) < 4.78 is 19.3. The smallest absolute Gasteiger partial charge is 0.146 e. The van der Waals surface area contributed by atoms with E-state index in [1.807, 2.05) is 0 Å². The second-order valence-electron chi connectivity index (χ2n) is 3.72. The van der Waals surface area contributed by atoms with Gasteiger partial charge in [-0.3, -0.25) is 0 Å². The van der Waals surface area contributed by atoms with Gasteiger partial charge >= 0.3 is 0 Å². The molecule has 2 rings (SSSR count). The summed E-state index contributed by atoms with van der Waals surface area (Å²) in [6.45, 7) is 0. The average Bonchev–Trinajstić information content (AvgIpc) is 2.30. The van der Waals surface area contributed by atoms with Crippen molar-refractivity contribution in [3.8, 4) is 11.5 Å². The van der Waals surface area contributed by atoms with Gasteiger partial charge in [0, 0.05) is 16.1 Å². The molecule has 2 nitrogen and oxygen atoms in total. The van der Waals surface area contributed by atoms with E-state index in [0.717, 1.165) is 0 Å². The first-order valence-electron chi connectivity index (χ1n) is 5.19. The summed E-state index contributed by atoms with van der Waals surface area (Å²) in [7, 11) is 0. The fraction of sp³-hybridized carbons (Fsp3) is 0. The van der Waals surface area contributed by atoms with Gasteiger partial charge in [-0.15, -0.1) is 0 Å². The molecule has 0 spiro atoms. The lowest BCUT2D eigenvalue weighted by molar-refractivity contribution is 0.476. The van der Waals surface area contributed by atoms with Gasteiger partial charge in [-0.2, -0.15) is 0 Å². The highest BCUT2D eigenvalue weighted by Gasteiger charge is 2.07. The van der Waals surface area contributed by atoms with Crippen LogP contribution in [0.5, 0.6) is 11.5 Å². The van der Waals surface area contributed by atoms with Crippen molar-refractivity contribution in [2.75, 3.05) is 0 Å². The van der Waals surface area contributed by atoms with E-state index < -0.39 is 5.82 Å². The highest BCUT2D eigenvalue weighted by Crippen LogP contribution is 2.31. The lowest BCUT2D eigenvalue weighted by Gasteiger charge is -2.09. The molecule has 0 amide bonds. The predicted molar refractivity (Wildman–Crippen MR) is 81.5 cm³/mol. The molecule has 0 radical (unpaired) electrons. The second-order valence-corrected chi connectivity index (χ2v) is 5.48. The molecule has 0 aliphatic heterocycles. The second kappa shape index (κ2) is 5.86. The number of benzene rings is 2. The van der Waals surface area contributed by atoms with Gasteiger partial charge in [0.05, 0.1) is 5.02 Å². The van der Waals surface area contributed by atoms with Crippen LogP contribution in [0, 0.1) is 5.82 Å². The average molecular weight is 361 g/mol. The van der Waals surface area contributed by atoms with E-state index in [4.69, 9.17) is 34.3 Å². The van der Waals surface area contributed by atoms with Crippen molar-refractivity contribution in [3.05, 3.63) is 57.3 Å². The van der Waals surface area contributed by atoms with Crippen molar-refractivity contribution in [3.63, 3.8) is 0 Å². The van der Waals surface area contributed by atoms with E-state index in [9.17, 15) is 4.39 Å². The first-order valence-corrected chi connectivity index (χ1v) is 6.77. The first kappa shape index (κ1) is 14.2. The van der Waals surface area contributed by atoms with E-state index in [-0.39, 0.29) is 4.99 Å². The standard InChI is InChI=1S/C13H8BrClFNOS/c14-8-4-9(16)6-10(5-8)18-12-2-1-7(13(17)19)3-11(12)15/h1-6H,(H2,17,19). The minimum absolute atomic E-state index is 0.252. The van der Waals surface area contributed by atoms with E-state index in [2.05, 4.69) is 15.9 Å². The Labute approximate surface area is 128 Å². The topological polar surface area (TPSA) is 35.2 Å². The third kappa shape index (κ3) is 3.65. The quantitative estimate of drug-likeness (QED) is 0.808. The van der Waals surface area contributed by atoms with Gasteiger partial charge < -0.3 is 10.5 Å². The van der Waals surface area contributed by atoms with Crippen LogP contribution in [-0.2, 0) is 0 Å². The molecule has 0 aliphatic rings. The van der Waals surface area contributed by atoms with Crippen LogP contribution < -0.4 is 10.5 Å². The number of thiocarbonyl (C=S) groups is 1. The summed E-state index contributed by atoms with van der Waals surface area (Å²) in [5, 5.41) is 0.352. The summed E-state index contributed by atoms with van der Waals surface area (Å²) in [6, 6.07) is 9.18. The van der Waals surface area contributed by atoms with Gasteiger partial charge in [-0.25, -0.2) is 4.39 Å². The van der Waals surface area contributed by atoms with Crippen molar-refractivity contribution in [2.45, 2.75) is 0 Å². The zero-order chi connectivity index (χ0) is 14.0. The lowest BCUT2D eigenvalue weighted by Crippen LogP contribution is -2.08. The van der Waals surface area contributed by atoms with Gasteiger partial charge in [0.25, 0.3) is 0 Å². The number of hydrogen-bond donors (Lipinski definition) is 1. The molecule has 2 aromatic rings. The zero-order valence-corrected chi connectivity index (χ0v) is 12.7. The number of nitrogens with two attached hydrogens (primary N) is 1. The minimum Gasteiger partial charge on any atom is -0.456 e. The third-order valence-electron chi connectivity index (χ3n) is 2.28. The highest BCUT2D eigenvalue weighted by molar-refractivity contribution is 9.10. The Morgan fingerprint density at radius 1 is 1.26 bits per heavy atom. The number of hydrogen-bond acceptors (Lipinski definition) is 2. The Hall–Kier alpha value is -1.17. The molecule has 0 bridgehead atoms. The monoisotopic (exact) mass is 359 g/mol. The normalized spacial score (nSPS) is 10.3. The van der Waals surface area contributed by atoms with Crippen molar-refractivity contribution in [1.29, 1.82) is 0 Å². The minimum atomic E-state index is -0.403. The predicted octanol–water partition coefficient (Wildman–Crippen LogP) is 4.67. The van der Waals surface area contributed by atoms with Crippen molar-refractivity contribution in [1.82, 2.24) is 0 Å². The van der Waals surface area contributed by atoms with E-state index in [1.54, 1.807) is 24.3 Å². The highest BCUT2D eigenvalue weighted by atomic mass is 79.9. The van der Waals surface area contributed by atoms with Gasteiger partial charge in [0.15, 0.2) is 0 Å². The van der Waals surface area contributed by atoms with Crippen LogP contribution in [0.1, 0.15) is 5.56 Å². The Morgan fingerprint density at radius 3 is 2.58 bits per heavy atom. The molecule has 6 heteroatoms. The largest absolute Gasteiger partial charge is 0.456 e. The zero-order valence-electron chi connectivity index (χ0n) is 9.49. The fourth-order valence-electron chi connectivity index (χ4n) is 1.45. The summed E-state index contributed by atoms with van der Waals surface area (Å²) in [6.07, 6.45) is 0. The van der Waals surface area contributed by atoms with Crippen LogP contribution in [0.15, 0.2) is 40.9 Å². The Balaban J connectivity index is 2.30. The molecule has 2 N–H and O–H groups in total. The van der Waals surface area contributed by atoms with Crippen LogP contribution in [0.25, 0.3) is 0 Å². The van der Waals surface area contributed by atoms with E-state index >= 15 is 0 Å². The Kier molecular flexibility index (Phi) is 4.39. The maximum atomic E-state index is 13.2. The Morgan fingerprint density at radius 2 is 2.00 bits per heavy atom. The molecule has 0 heterocycles. The molecular formula is C13H8BrClFNOS. The van der Waals surface area contributed by atoms with Gasteiger partial charge in [-0.05, 0) is 30.3 Å². The van der Waals surface area contributed by atoms with Crippen LogP contribution in [0.3, 0.4) is 0 Å².